The van der Waals surface area contributed by atoms with Gasteiger partial charge in [-0.3, -0.25) is 28.8 Å². The molecule has 202 valence electrons. The number of benzene rings is 1. The molecule has 0 radical (unpaired) electrons. The van der Waals surface area contributed by atoms with Crippen molar-refractivity contribution in [3.8, 4) is 5.75 Å². The molecule has 1 aromatic rings. The molecule has 3 unspecified atom stereocenters. The van der Waals surface area contributed by atoms with Crippen LogP contribution in [0.5, 0.6) is 5.75 Å². The van der Waals surface area contributed by atoms with Gasteiger partial charge in [-0.15, -0.1) is 0 Å². The van der Waals surface area contributed by atoms with E-state index in [0.717, 1.165) is 13.0 Å². The molecule has 3 aliphatic rings. The van der Waals surface area contributed by atoms with Gasteiger partial charge >= 0.3 is 0 Å². The van der Waals surface area contributed by atoms with E-state index in [1.807, 2.05) is 0 Å². The van der Waals surface area contributed by atoms with Crippen LogP contribution in [0, 0.1) is 40.4 Å². The Morgan fingerprint density at radius 3 is 2.24 bits per heavy atom. The molecule has 0 amide bonds. The van der Waals surface area contributed by atoms with Crippen molar-refractivity contribution >= 4 is 34.7 Å². The van der Waals surface area contributed by atoms with Crippen LogP contribution in [0.1, 0.15) is 69.8 Å². The lowest BCUT2D eigenvalue weighted by molar-refractivity contribution is -0.225. The molecule has 3 aliphatic carbocycles. The summed E-state index contributed by atoms with van der Waals surface area (Å²) in [4.78, 5) is 81.7. The van der Waals surface area contributed by atoms with Gasteiger partial charge in [0.05, 0.1) is 11.5 Å². The predicted molar refractivity (Wildman–Crippen MR) is 136 cm³/mol. The van der Waals surface area contributed by atoms with Gasteiger partial charge in [0, 0.05) is 17.8 Å². The maximum Gasteiger partial charge on any atom is 0.190 e. The van der Waals surface area contributed by atoms with Crippen molar-refractivity contribution in [2.45, 2.75) is 59.5 Å². The Bertz CT molecular complexity index is 1320. The molecule has 8 atom stereocenters. The molecule has 0 saturated heterocycles. The third-order valence-electron chi connectivity index (χ3n) is 10.0. The molecule has 0 heterocycles. The van der Waals surface area contributed by atoms with Gasteiger partial charge in [0.25, 0.3) is 0 Å². The highest BCUT2D eigenvalue weighted by Crippen LogP contribution is 2.70. The van der Waals surface area contributed by atoms with Crippen LogP contribution < -0.4 is 0 Å². The molecule has 0 aromatic heterocycles. The molecular formula is C30H34O8. The van der Waals surface area contributed by atoms with Gasteiger partial charge in [-0.05, 0) is 47.8 Å². The molecular weight excluding hydrogens is 488 g/mol. The van der Waals surface area contributed by atoms with Crippen LogP contribution in [0.15, 0.2) is 30.9 Å². The average Bonchev–Trinajstić information content (AvgIpc) is 2.82. The fourth-order valence-corrected chi connectivity index (χ4v) is 8.24. The largest absolute Gasteiger partial charge is 0.507 e. The van der Waals surface area contributed by atoms with E-state index in [1.165, 1.54) is 13.0 Å². The van der Waals surface area contributed by atoms with Crippen LogP contribution >= 0.6 is 0 Å². The molecule has 2 saturated carbocycles. The van der Waals surface area contributed by atoms with Gasteiger partial charge in [-0.25, -0.2) is 0 Å². The Hall–Kier alpha value is -3.26. The van der Waals surface area contributed by atoms with Crippen LogP contribution in [-0.4, -0.2) is 50.5 Å². The Morgan fingerprint density at radius 2 is 1.71 bits per heavy atom. The number of hydrogen-bond acceptors (Lipinski definition) is 8. The second-order valence-electron chi connectivity index (χ2n) is 11.9. The molecule has 0 spiro atoms. The van der Waals surface area contributed by atoms with Crippen molar-refractivity contribution in [2.24, 2.45) is 40.4 Å². The van der Waals surface area contributed by atoms with E-state index < -0.39 is 86.6 Å². The number of phenols is 1. The van der Waals surface area contributed by atoms with E-state index in [1.54, 1.807) is 39.8 Å². The number of aromatic hydroxyl groups is 1. The third kappa shape index (κ3) is 3.06. The lowest BCUT2D eigenvalue weighted by atomic mass is 9.34. The number of carbonyl (C=O) groups is 6. The lowest BCUT2D eigenvalue weighted by Gasteiger charge is -2.67. The predicted octanol–water partition coefficient (Wildman–Crippen LogP) is 3.03. The average molecular weight is 523 g/mol. The summed E-state index contributed by atoms with van der Waals surface area (Å²) >= 11 is 0. The van der Waals surface area contributed by atoms with Gasteiger partial charge < -0.3 is 10.2 Å². The third-order valence-corrected chi connectivity index (χ3v) is 10.0. The van der Waals surface area contributed by atoms with Crippen LogP contribution in [0.2, 0.25) is 0 Å². The summed E-state index contributed by atoms with van der Waals surface area (Å²) < 4.78 is 0. The van der Waals surface area contributed by atoms with Crippen LogP contribution in [-0.2, 0) is 24.0 Å². The zero-order valence-electron chi connectivity index (χ0n) is 22.5. The minimum Gasteiger partial charge on any atom is -0.507 e. The number of Topliss-reactive ketones (excluding diaryl/α,β-unsaturated/α-hetero) is 5. The maximum absolute atomic E-state index is 14.5. The molecule has 0 aliphatic heterocycles. The zero-order chi connectivity index (χ0) is 28.7. The highest BCUT2D eigenvalue weighted by Gasteiger charge is 2.80. The number of allylic oxidation sites excluding steroid dienone is 1. The first-order valence-corrected chi connectivity index (χ1v) is 12.9. The van der Waals surface area contributed by atoms with Gasteiger partial charge in [0.15, 0.2) is 34.5 Å². The molecule has 8 heteroatoms. The Labute approximate surface area is 221 Å². The second kappa shape index (κ2) is 8.63. The van der Waals surface area contributed by atoms with E-state index >= 15 is 0 Å². The van der Waals surface area contributed by atoms with Crippen molar-refractivity contribution in [1.82, 2.24) is 0 Å². The van der Waals surface area contributed by atoms with Crippen molar-refractivity contribution in [3.05, 3.63) is 42.0 Å². The number of carbonyl (C=O) groups excluding carboxylic acids is 6. The topological polar surface area (TPSA) is 143 Å². The normalized spacial score (nSPS) is 38.4. The molecule has 38 heavy (non-hydrogen) atoms. The first-order valence-electron chi connectivity index (χ1n) is 12.9. The molecule has 2 fully saturated rings. The minimum absolute atomic E-state index is 0.0697. The summed E-state index contributed by atoms with van der Waals surface area (Å²) in [6, 6.07) is 4.57. The number of ketones is 6. The number of phenolic OH excluding ortho intramolecular Hbond substituents is 1. The molecule has 4 rings (SSSR count). The molecule has 8 nitrogen and oxygen atoms in total. The summed E-state index contributed by atoms with van der Waals surface area (Å²) in [6.45, 7) is 12.9. The van der Waals surface area contributed by atoms with Crippen LogP contribution in [0.4, 0.5) is 0 Å². The first kappa shape index (κ1) is 27.8. The standard InChI is InChI=1S/C30H34O8/c1-8-16(32)12-19-28(6)14(4)17-10-9-11-18(33)21(17)25(35)23(28)27(37)30(38)26(36)20(15(5)31)24(34)22(13(2)3)29(19,30)7/h8-11,13-14,19-20,22-23,33,38H,1,12H2,2-7H3/t14-,19-,20?,22?,23?,28-,29-,30+/m1/s1. The summed E-state index contributed by atoms with van der Waals surface area (Å²) in [5.41, 5.74) is -5.63. The van der Waals surface area contributed by atoms with E-state index in [-0.39, 0.29) is 17.7 Å². The molecule has 0 bridgehead atoms. The Morgan fingerprint density at radius 1 is 1.11 bits per heavy atom. The van der Waals surface area contributed by atoms with Crippen molar-refractivity contribution < 1.29 is 39.0 Å². The second-order valence-corrected chi connectivity index (χ2v) is 11.9. The first-order chi connectivity index (χ1) is 17.5. The molecule has 1 aromatic carbocycles. The van der Waals surface area contributed by atoms with Gasteiger partial charge in [-0.1, -0.05) is 53.3 Å². The Balaban J connectivity index is 2.15. The Kier molecular flexibility index (Phi) is 6.31. The lowest BCUT2D eigenvalue weighted by Crippen LogP contribution is -2.80. The van der Waals surface area contributed by atoms with E-state index in [2.05, 4.69) is 6.58 Å². The maximum atomic E-state index is 14.5. The summed E-state index contributed by atoms with van der Waals surface area (Å²) in [5.74, 6) is -12.1. The quantitative estimate of drug-likeness (QED) is 0.444. The summed E-state index contributed by atoms with van der Waals surface area (Å²) in [7, 11) is 0. The number of hydrogen-bond donors (Lipinski definition) is 2. The van der Waals surface area contributed by atoms with E-state index in [4.69, 9.17) is 0 Å². The summed E-state index contributed by atoms with van der Waals surface area (Å²) in [6.07, 6.45) is 0.810. The zero-order valence-corrected chi connectivity index (χ0v) is 22.5. The van der Waals surface area contributed by atoms with Gasteiger partial charge in [0.2, 0.25) is 0 Å². The van der Waals surface area contributed by atoms with Gasteiger partial charge in [-0.2, -0.15) is 0 Å². The highest BCUT2D eigenvalue weighted by atomic mass is 16.3. The smallest absolute Gasteiger partial charge is 0.190 e. The van der Waals surface area contributed by atoms with Crippen LogP contribution in [0.3, 0.4) is 0 Å². The van der Waals surface area contributed by atoms with E-state index in [9.17, 15) is 39.0 Å². The number of aliphatic hydroxyl groups is 1. The summed E-state index contributed by atoms with van der Waals surface area (Å²) in [5, 5.41) is 22.9. The van der Waals surface area contributed by atoms with Crippen molar-refractivity contribution in [2.75, 3.05) is 0 Å². The van der Waals surface area contributed by atoms with Gasteiger partial charge in [0.1, 0.15) is 17.5 Å². The van der Waals surface area contributed by atoms with E-state index in [0.29, 0.717) is 5.56 Å². The highest BCUT2D eigenvalue weighted by molar-refractivity contribution is 6.32. The van der Waals surface area contributed by atoms with Crippen LogP contribution in [0.25, 0.3) is 0 Å². The number of rotatable bonds is 5. The minimum atomic E-state index is -2.89. The SMILES string of the molecule is C=CC(=O)C[C@@H]1[C@]2(C)C(C(=O)c3c(O)cccc3[C@H]2C)C(=O)[C@@]2(O)C(=O)C(C(C)=O)C(=O)C(C(C)C)[C@@]12C. The number of fused-ring (bicyclic) bond motifs is 3. The van der Waals surface area contributed by atoms with Crippen molar-refractivity contribution in [1.29, 1.82) is 0 Å². The molecule has 2 N–H and O–H groups in total. The fourth-order valence-electron chi connectivity index (χ4n) is 8.24. The monoisotopic (exact) mass is 522 g/mol. The van der Waals surface area contributed by atoms with Crippen molar-refractivity contribution in [3.63, 3.8) is 0 Å². The fraction of sp³-hybridized carbons (Fsp3) is 0.533.